The molecule has 0 aliphatic carbocycles. The van der Waals surface area contributed by atoms with E-state index in [0.717, 1.165) is 24.4 Å². The van der Waals surface area contributed by atoms with Gasteiger partial charge in [0.1, 0.15) is 0 Å². The highest BCUT2D eigenvalue weighted by Crippen LogP contribution is 2.27. The average molecular weight is 279 g/mol. The van der Waals surface area contributed by atoms with E-state index in [4.69, 9.17) is 0 Å². The van der Waals surface area contributed by atoms with Crippen LogP contribution >= 0.6 is 11.3 Å². The van der Waals surface area contributed by atoms with Crippen molar-refractivity contribution in [3.8, 4) is 0 Å². The second kappa shape index (κ2) is 5.90. The van der Waals surface area contributed by atoms with Gasteiger partial charge in [0, 0.05) is 49.7 Å². The number of hydrogen-bond acceptors (Lipinski definition) is 4. The van der Waals surface area contributed by atoms with Gasteiger partial charge >= 0.3 is 0 Å². The maximum absolute atomic E-state index is 4.42. The Morgan fingerprint density at radius 3 is 3.05 bits per heavy atom. The molecule has 0 bridgehead atoms. The quantitative estimate of drug-likeness (QED) is 0.844. The number of fused-ring (bicyclic) bond motifs is 1. The van der Waals surface area contributed by atoms with E-state index in [1.54, 1.807) is 11.3 Å². The Morgan fingerprint density at radius 1 is 1.42 bits per heavy atom. The number of hydrogen-bond donors (Lipinski definition) is 0. The largest absolute Gasteiger partial charge is 0.298 e. The smallest absolute Gasteiger partial charge is 0.0937 e. The van der Waals surface area contributed by atoms with Gasteiger partial charge < -0.3 is 0 Å². The summed E-state index contributed by atoms with van der Waals surface area (Å²) >= 11 is 1.79. The summed E-state index contributed by atoms with van der Waals surface area (Å²) in [6.07, 6.45) is 5.84. The van der Waals surface area contributed by atoms with E-state index in [1.165, 1.54) is 44.0 Å². The summed E-state index contributed by atoms with van der Waals surface area (Å²) in [6, 6.07) is 1.56. The van der Waals surface area contributed by atoms with Gasteiger partial charge in [0.05, 0.1) is 5.01 Å². The van der Waals surface area contributed by atoms with Crippen molar-refractivity contribution in [2.45, 2.75) is 45.2 Å². The van der Waals surface area contributed by atoms with Crippen LogP contribution in [0.5, 0.6) is 0 Å². The molecule has 19 heavy (non-hydrogen) atoms. The zero-order valence-electron chi connectivity index (χ0n) is 12.1. The zero-order chi connectivity index (χ0) is 13.2. The van der Waals surface area contributed by atoms with E-state index in [1.807, 2.05) is 6.20 Å². The highest BCUT2D eigenvalue weighted by atomic mass is 32.1. The lowest BCUT2D eigenvalue weighted by atomic mass is 9.97. The van der Waals surface area contributed by atoms with Crippen LogP contribution in [0.15, 0.2) is 11.6 Å². The molecule has 4 heteroatoms. The van der Waals surface area contributed by atoms with Gasteiger partial charge in [0.25, 0.3) is 0 Å². The standard InChI is InChI=1S/C15H25N3S/c1-12(2)14-11-17-7-3-4-13(17)10-18(14)8-5-15-16-6-9-19-15/h6,9,12-14H,3-5,7-8,10-11H2,1-2H3. The second-order valence-corrected chi connectivity index (χ2v) is 7.25. The van der Waals surface area contributed by atoms with Crippen LogP contribution in [-0.4, -0.2) is 53.0 Å². The molecule has 2 aliphatic heterocycles. The minimum atomic E-state index is 0.731. The molecule has 3 heterocycles. The summed E-state index contributed by atoms with van der Waals surface area (Å²) in [6.45, 7) is 9.80. The summed E-state index contributed by atoms with van der Waals surface area (Å²) in [5.74, 6) is 0.748. The maximum Gasteiger partial charge on any atom is 0.0937 e. The molecule has 0 N–H and O–H groups in total. The fourth-order valence-electron chi connectivity index (χ4n) is 3.61. The third-order valence-electron chi connectivity index (χ3n) is 4.70. The summed E-state index contributed by atoms with van der Waals surface area (Å²) in [5.41, 5.74) is 0. The van der Waals surface area contributed by atoms with E-state index in [9.17, 15) is 0 Å². The van der Waals surface area contributed by atoms with Gasteiger partial charge in [-0.1, -0.05) is 13.8 Å². The molecule has 2 saturated heterocycles. The lowest BCUT2D eigenvalue weighted by Gasteiger charge is -2.45. The van der Waals surface area contributed by atoms with Crippen molar-refractivity contribution in [2.24, 2.45) is 5.92 Å². The van der Waals surface area contributed by atoms with Crippen LogP contribution in [0.2, 0.25) is 0 Å². The van der Waals surface area contributed by atoms with Crippen LogP contribution in [0.3, 0.4) is 0 Å². The first-order valence-corrected chi connectivity index (χ1v) is 8.48. The average Bonchev–Trinajstić information content (AvgIpc) is 3.05. The van der Waals surface area contributed by atoms with E-state index >= 15 is 0 Å². The summed E-state index contributed by atoms with van der Waals surface area (Å²) < 4.78 is 0. The topological polar surface area (TPSA) is 19.4 Å². The maximum atomic E-state index is 4.42. The van der Waals surface area contributed by atoms with Crippen LogP contribution in [-0.2, 0) is 6.42 Å². The van der Waals surface area contributed by atoms with Crippen molar-refractivity contribution in [1.29, 1.82) is 0 Å². The third kappa shape index (κ3) is 3.01. The number of piperazine rings is 1. The van der Waals surface area contributed by atoms with Crippen LogP contribution in [0.4, 0.5) is 0 Å². The van der Waals surface area contributed by atoms with Gasteiger partial charge in [-0.3, -0.25) is 9.80 Å². The molecular formula is C15H25N3S. The van der Waals surface area contributed by atoms with Gasteiger partial charge in [-0.05, 0) is 25.3 Å². The van der Waals surface area contributed by atoms with Crippen LogP contribution in [0.25, 0.3) is 0 Å². The molecule has 106 valence electrons. The molecule has 2 unspecified atom stereocenters. The van der Waals surface area contributed by atoms with Crippen molar-refractivity contribution >= 4 is 11.3 Å². The Bertz CT molecular complexity index is 390. The molecule has 0 saturated carbocycles. The number of nitrogens with zero attached hydrogens (tertiary/aromatic N) is 3. The van der Waals surface area contributed by atoms with E-state index in [2.05, 4.69) is 34.0 Å². The first-order chi connectivity index (χ1) is 9.24. The van der Waals surface area contributed by atoms with E-state index in [0.29, 0.717) is 0 Å². The van der Waals surface area contributed by atoms with Gasteiger partial charge in [-0.25, -0.2) is 4.98 Å². The first-order valence-electron chi connectivity index (χ1n) is 7.60. The summed E-state index contributed by atoms with van der Waals surface area (Å²) in [4.78, 5) is 9.88. The molecule has 1 aromatic rings. The predicted molar refractivity (Wildman–Crippen MR) is 80.6 cm³/mol. The Balaban J connectivity index is 1.63. The Morgan fingerprint density at radius 2 is 2.32 bits per heavy atom. The van der Waals surface area contributed by atoms with E-state index < -0.39 is 0 Å². The number of aromatic nitrogens is 1. The molecular weight excluding hydrogens is 254 g/mol. The lowest BCUT2D eigenvalue weighted by Crippen LogP contribution is -2.58. The highest BCUT2D eigenvalue weighted by Gasteiger charge is 2.37. The van der Waals surface area contributed by atoms with E-state index in [-0.39, 0.29) is 0 Å². The minimum Gasteiger partial charge on any atom is -0.298 e. The zero-order valence-corrected chi connectivity index (χ0v) is 12.9. The minimum absolute atomic E-state index is 0.731. The summed E-state index contributed by atoms with van der Waals surface area (Å²) in [5, 5.41) is 3.38. The van der Waals surface area contributed by atoms with Crippen LogP contribution in [0.1, 0.15) is 31.7 Å². The molecule has 0 spiro atoms. The normalized spacial score (nSPS) is 29.0. The first kappa shape index (κ1) is 13.5. The van der Waals surface area contributed by atoms with Gasteiger partial charge in [-0.2, -0.15) is 0 Å². The molecule has 1 aromatic heterocycles. The van der Waals surface area contributed by atoms with Crippen molar-refractivity contribution in [2.75, 3.05) is 26.2 Å². The van der Waals surface area contributed by atoms with Crippen LogP contribution in [0, 0.1) is 5.92 Å². The molecule has 3 nitrogen and oxygen atoms in total. The van der Waals surface area contributed by atoms with Crippen LogP contribution < -0.4 is 0 Å². The van der Waals surface area contributed by atoms with Crippen molar-refractivity contribution in [3.63, 3.8) is 0 Å². The Kier molecular flexibility index (Phi) is 4.20. The van der Waals surface area contributed by atoms with Gasteiger partial charge in [-0.15, -0.1) is 11.3 Å². The fraction of sp³-hybridized carbons (Fsp3) is 0.800. The number of rotatable bonds is 4. The van der Waals surface area contributed by atoms with Crippen molar-refractivity contribution < 1.29 is 0 Å². The molecule has 2 atom stereocenters. The summed E-state index contributed by atoms with van der Waals surface area (Å²) in [7, 11) is 0. The third-order valence-corrected chi connectivity index (χ3v) is 5.54. The highest BCUT2D eigenvalue weighted by molar-refractivity contribution is 7.09. The fourth-order valence-corrected chi connectivity index (χ4v) is 4.22. The Labute approximate surface area is 120 Å². The van der Waals surface area contributed by atoms with Crippen molar-refractivity contribution in [3.05, 3.63) is 16.6 Å². The van der Waals surface area contributed by atoms with Gasteiger partial charge in [0.15, 0.2) is 0 Å². The molecule has 2 aliphatic rings. The molecule has 0 aromatic carbocycles. The van der Waals surface area contributed by atoms with Gasteiger partial charge in [0.2, 0.25) is 0 Å². The predicted octanol–water partition coefficient (Wildman–Crippen LogP) is 2.49. The van der Waals surface area contributed by atoms with Crippen molar-refractivity contribution in [1.82, 2.24) is 14.8 Å². The Hall–Kier alpha value is -0.450. The lowest BCUT2D eigenvalue weighted by molar-refractivity contribution is 0.0302. The monoisotopic (exact) mass is 279 g/mol. The molecule has 0 radical (unpaired) electrons. The second-order valence-electron chi connectivity index (χ2n) is 6.27. The SMILES string of the molecule is CC(C)C1CN2CCCC2CN1CCc1nccs1. The molecule has 3 rings (SSSR count). The molecule has 0 amide bonds. The molecule has 2 fully saturated rings. The number of thiazole rings is 1.